The molecule has 1 N–H and O–H groups in total. The number of carbonyl (C=O) groups is 3. The summed E-state index contributed by atoms with van der Waals surface area (Å²) in [7, 11) is 0. The van der Waals surface area contributed by atoms with Crippen LogP contribution in [0.1, 0.15) is 39.2 Å². The minimum atomic E-state index is -1.14. The fourth-order valence-corrected chi connectivity index (χ4v) is 6.08. The molecule has 6 nitrogen and oxygen atoms in total. The van der Waals surface area contributed by atoms with E-state index in [-0.39, 0.29) is 23.8 Å². The van der Waals surface area contributed by atoms with E-state index in [1.165, 1.54) is 4.90 Å². The molecule has 0 unspecified atom stereocenters. The molecule has 3 saturated heterocycles. The van der Waals surface area contributed by atoms with Crippen molar-refractivity contribution < 1.29 is 14.4 Å². The maximum Gasteiger partial charge on any atom is 0.250 e. The SMILES string of the molecule is CC(C)(C)N1C(=O)[C@H]2[C@@H](C1=O)[C@@]1(C(=O)Nc3c(Cl)cccc31)N1CCC[C@@H]21. The van der Waals surface area contributed by atoms with E-state index in [2.05, 4.69) is 10.2 Å². The topological polar surface area (TPSA) is 69.7 Å². The van der Waals surface area contributed by atoms with Gasteiger partial charge < -0.3 is 5.32 Å². The first-order valence-corrected chi connectivity index (χ1v) is 9.83. The zero-order chi connectivity index (χ0) is 19.3. The molecule has 3 fully saturated rings. The van der Waals surface area contributed by atoms with Crippen molar-refractivity contribution in [2.75, 3.05) is 11.9 Å². The normalized spacial score (nSPS) is 35.0. The monoisotopic (exact) mass is 387 g/mol. The van der Waals surface area contributed by atoms with Gasteiger partial charge in [0.05, 0.1) is 22.5 Å². The Balaban J connectivity index is 1.77. The van der Waals surface area contributed by atoms with Crippen LogP contribution in [0.2, 0.25) is 5.02 Å². The number of fused-ring (bicyclic) bond motifs is 7. The van der Waals surface area contributed by atoms with Crippen LogP contribution in [0, 0.1) is 11.8 Å². The summed E-state index contributed by atoms with van der Waals surface area (Å²) in [6.45, 7) is 6.29. The molecule has 7 heteroatoms. The Morgan fingerprint density at radius 2 is 1.93 bits per heavy atom. The molecule has 0 radical (unpaired) electrons. The van der Waals surface area contributed by atoms with Gasteiger partial charge >= 0.3 is 0 Å². The number of hydrogen-bond acceptors (Lipinski definition) is 4. The van der Waals surface area contributed by atoms with E-state index in [1.54, 1.807) is 6.07 Å². The fraction of sp³-hybridized carbons (Fsp3) is 0.550. The summed E-state index contributed by atoms with van der Waals surface area (Å²) >= 11 is 6.35. The van der Waals surface area contributed by atoms with E-state index in [4.69, 9.17) is 11.6 Å². The molecule has 4 aliphatic rings. The standard InChI is InChI=1S/C20H22ClN3O3/c1-19(2,3)24-16(25)13-12-8-5-9-23(12)20(14(13)17(24)26)10-6-4-7-11(21)15(10)22-18(20)27/h4,6-7,12-14H,5,8-9H2,1-3H3,(H,22,27)/t12-,13+,14-,20-/m0/s1. The van der Waals surface area contributed by atoms with Crippen LogP contribution in [0.15, 0.2) is 18.2 Å². The van der Waals surface area contributed by atoms with Crippen molar-refractivity contribution in [1.82, 2.24) is 9.80 Å². The minimum absolute atomic E-state index is 0.0884. The number of benzene rings is 1. The third-order valence-electron chi connectivity index (χ3n) is 6.65. The molecule has 4 heterocycles. The number of hydrogen-bond donors (Lipinski definition) is 1. The molecule has 0 saturated carbocycles. The molecule has 142 valence electrons. The van der Waals surface area contributed by atoms with Crippen LogP contribution < -0.4 is 5.32 Å². The lowest BCUT2D eigenvalue weighted by atomic mass is 9.75. The van der Waals surface area contributed by atoms with Gasteiger partial charge in [-0.15, -0.1) is 0 Å². The largest absolute Gasteiger partial charge is 0.323 e. The molecular weight excluding hydrogens is 366 g/mol. The van der Waals surface area contributed by atoms with Crippen LogP contribution in [-0.2, 0) is 19.9 Å². The molecule has 1 aromatic carbocycles. The zero-order valence-corrected chi connectivity index (χ0v) is 16.3. The summed E-state index contributed by atoms with van der Waals surface area (Å²) < 4.78 is 0. The van der Waals surface area contributed by atoms with Crippen molar-refractivity contribution >= 4 is 35.0 Å². The number of para-hydroxylation sites is 1. The van der Waals surface area contributed by atoms with E-state index in [0.717, 1.165) is 18.4 Å². The minimum Gasteiger partial charge on any atom is -0.323 e. The van der Waals surface area contributed by atoms with Crippen LogP contribution in [0.3, 0.4) is 0 Å². The number of nitrogens with one attached hydrogen (secondary N) is 1. The van der Waals surface area contributed by atoms with Crippen molar-refractivity contribution in [3.63, 3.8) is 0 Å². The Bertz CT molecular complexity index is 908. The molecule has 27 heavy (non-hydrogen) atoms. The average molecular weight is 388 g/mol. The number of amides is 3. The molecule has 5 rings (SSSR count). The summed E-state index contributed by atoms with van der Waals surface area (Å²) in [6, 6.07) is 5.32. The van der Waals surface area contributed by atoms with Crippen LogP contribution in [0.25, 0.3) is 0 Å². The molecule has 1 aromatic rings. The summed E-state index contributed by atoms with van der Waals surface area (Å²) in [6.07, 6.45) is 1.74. The summed E-state index contributed by atoms with van der Waals surface area (Å²) in [5, 5.41) is 3.38. The predicted molar refractivity (Wildman–Crippen MR) is 100 cm³/mol. The van der Waals surface area contributed by atoms with Gasteiger partial charge in [0.25, 0.3) is 5.91 Å². The second-order valence-electron chi connectivity index (χ2n) is 8.97. The second kappa shape index (κ2) is 5.11. The number of rotatable bonds is 0. The van der Waals surface area contributed by atoms with Crippen LogP contribution in [0.4, 0.5) is 5.69 Å². The highest BCUT2D eigenvalue weighted by Crippen LogP contribution is 2.61. The van der Waals surface area contributed by atoms with Gasteiger partial charge in [0, 0.05) is 17.1 Å². The molecular formula is C20H22ClN3O3. The number of imide groups is 1. The number of likely N-dealkylation sites (tertiary alicyclic amines) is 1. The van der Waals surface area contributed by atoms with Crippen molar-refractivity contribution in [1.29, 1.82) is 0 Å². The van der Waals surface area contributed by atoms with Gasteiger partial charge in [0.15, 0.2) is 0 Å². The lowest BCUT2D eigenvalue weighted by Gasteiger charge is -2.38. The van der Waals surface area contributed by atoms with Gasteiger partial charge in [-0.2, -0.15) is 0 Å². The Kier molecular flexibility index (Phi) is 3.26. The summed E-state index contributed by atoms with van der Waals surface area (Å²) in [5.41, 5.74) is -0.449. The first-order valence-electron chi connectivity index (χ1n) is 9.46. The van der Waals surface area contributed by atoms with Crippen molar-refractivity contribution in [3.05, 3.63) is 28.8 Å². The van der Waals surface area contributed by atoms with Crippen LogP contribution in [0.5, 0.6) is 0 Å². The van der Waals surface area contributed by atoms with Crippen molar-refractivity contribution in [3.8, 4) is 0 Å². The van der Waals surface area contributed by atoms with Gasteiger partial charge in [0.1, 0.15) is 5.54 Å². The lowest BCUT2D eigenvalue weighted by Crippen LogP contribution is -2.56. The molecule has 3 amide bonds. The lowest BCUT2D eigenvalue weighted by molar-refractivity contribution is -0.150. The zero-order valence-electron chi connectivity index (χ0n) is 15.6. The number of anilines is 1. The molecule has 0 aliphatic carbocycles. The van der Waals surface area contributed by atoms with Crippen molar-refractivity contribution in [2.45, 2.75) is 50.7 Å². The van der Waals surface area contributed by atoms with Crippen LogP contribution in [-0.4, -0.2) is 45.6 Å². The molecule has 4 atom stereocenters. The quantitative estimate of drug-likeness (QED) is 0.694. The van der Waals surface area contributed by atoms with Gasteiger partial charge in [0.2, 0.25) is 11.8 Å². The molecule has 1 spiro atoms. The maximum absolute atomic E-state index is 13.5. The fourth-order valence-electron chi connectivity index (χ4n) is 5.86. The summed E-state index contributed by atoms with van der Waals surface area (Å²) in [4.78, 5) is 43.8. The summed E-state index contributed by atoms with van der Waals surface area (Å²) in [5.74, 6) is -1.80. The third kappa shape index (κ3) is 1.83. The first kappa shape index (κ1) is 17.2. The Morgan fingerprint density at radius 3 is 2.63 bits per heavy atom. The smallest absolute Gasteiger partial charge is 0.250 e. The van der Waals surface area contributed by atoms with E-state index < -0.39 is 22.9 Å². The maximum atomic E-state index is 13.5. The first-order chi connectivity index (χ1) is 12.7. The Morgan fingerprint density at radius 1 is 1.19 bits per heavy atom. The third-order valence-corrected chi connectivity index (χ3v) is 6.96. The van der Waals surface area contributed by atoms with Crippen molar-refractivity contribution in [2.24, 2.45) is 11.8 Å². The highest BCUT2D eigenvalue weighted by molar-refractivity contribution is 6.35. The van der Waals surface area contributed by atoms with E-state index in [9.17, 15) is 14.4 Å². The van der Waals surface area contributed by atoms with Gasteiger partial charge in [-0.25, -0.2) is 0 Å². The predicted octanol–water partition coefficient (Wildman–Crippen LogP) is 2.37. The second-order valence-corrected chi connectivity index (χ2v) is 9.38. The average Bonchev–Trinajstić information content (AvgIpc) is 3.26. The van der Waals surface area contributed by atoms with E-state index in [1.807, 2.05) is 32.9 Å². The van der Waals surface area contributed by atoms with Gasteiger partial charge in [-0.3, -0.25) is 24.2 Å². The van der Waals surface area contributed by atoms with Gasteiger partial charge in [-0.05, 0) is 46.2 Å². The van der Waals surface area contributed by atoms with Crippen LogP contribution >= 0.6 is 11.6 Å². The highest BCUT2D eigenvalue weighted by Gasteiger charge is 2.75. The number of nitrogens with zero attached hydrogens (tertiary/aromatic N) is 2. The Hall–Kier alpha value is -1.92. The van der Waals surface area contributed by atoms with Gasteiger partial charge in [-0.1, -0.05) is 23.7 Å². The van der Waals surface area contributed by atoms with E-state index in [0.29, 0.717) is 17.3 Å². The number of carbonyl (C=O) groups excluding carboxylic acids is 3. The molecule has 0 aromatic heterocycles. The molecule has 0 bridgehead atoms. The Labute approximate surface area is 162 Å². The number of halogens is 1. The molecule has 4 aliphatic heterocycles. The van der Waals surface area contributed by atoms with E-state index >= 15 is 0 Å². The highest BCUT2D eigenvalue weighted by atomic mass is 35.5.